The van der Waals surface area contributed by atoms with Gasteiger partial charge in [-0.05, 0) is 12.0 Å². The molecule has 0 radical (unpaired) electrons. The van der Waals surface area contributed by atoms with Crippen molar-refractivity contribution in [1.82, 2.24) is 4.98 Å². The number of hydrogen-bond acceptors (Lipinski definition) is 3. The predicted molar refractivity (Wildman–Crippen MR) is 55.8 cm³/mol. The van der Waals surface area contributed by atoms with Gasteiger partial charge in [-0.1, -0.05) is 13.8 Å². The lowest BCUT2D eigenvalue weighted by Gasteiger charge is -2.09. The second kappa shape index (κ2) is 4.03. The van der Waals surface area contributed by atoms with Crippen LogP contribution in [0.15, 0.2) is 12.3 Å². The third-order valence-electron chi connectivity index (χ3n) is 1.97. The van der Waals surface area contributed by atoms with E-state index in [1.165, 1.54) is 6.21 Å². The zero-order valence-electron chi connectivity index (χ0n) is 8.26. The fourth-order valence-electron chi connectivity index (χ4n) is 1.13. The molecule has 0 aromatic carbocycles. The fourth-order valence-corrected chi connectivity index (χ4v) is 1.13. The second-order valence-corrected chi connectivity index (χ2v) is 3.25. The zero-order valence-corrected chi connectivity index (χ0v) is 8.26. The summed E-state index contributed by atoms with van der Waals surface area (Å²) in [6.45, 7) is 4.21. The third kappa shape index (κ3) is 2.05. The van der Waals surface area contributed by atoms with Crippen molar-refractivity contribution in [3.8, 4) is 0 Å². The molecule has 70 valence electrons. The van der Waals surface area contributed by atoms with Crippen molar-refractivity contribution >= 4 is 11.9 Å². The highest BCUT2D eigenvalue weighted by molar-refractivity contribution is 5.85. The van der Waals surface area contributed by atoms with Crippen molar-refractivity contribution in [3.63, 3.8) is 0 Å². The van der Waals surface area contributed by atoms with E-state index in [1.807, 2.05) is 13.1 Å². The number of pyridine rings is 1. The minimum Gasteiger partial charge on any atom is -0.387 e. The van der Waals surface area contributed by atoms with Crippen LogP contribution in [0.5, 0.6) is 0 Å². The lowest BCUT2D eigenvalue weighted by atomic mass is 10.1. The summed E-state index contributed by atoms with van der Waals surface area (Å²) >= 11 is 0. The van der Waals surface area contributed by atoms with Gasteiger partial charge in [-0.25, -0.2) is 0 Å². The van der Waals surface area contributed by atoms with Gasteiger partial charge in [-0.3, -0.25) is 4.98 Å². The average molecular weight is 177 g/mol. The van der Waals surface area contributed by atoms with E-state index >= 15 is 0 Å². The Balaban J connectivity index is 3.12. The Morgan fingerprint density at radius 1 is 1.54 bits per heavy atom. The molecular weight excluding hydrogens is 162 g/mol. The van der Waals surface area contributed by atoms with E-state index in [-0.39, 0.29) is 0 Å². The van der Waals surface area contributed by atoms with E-state index < -0.39 is 0 Å². The average Bonchev–Trinajstić information content (AvgIpc) is 2.16. The molecule has 0 fully saturated rings. The van der Waals surface area contributed by atoms with Gasteiger partial charge in [-0.15, -0.1) is 0 Å². The molecule has 13 heavy (non-hydrogen) atoms. The molecule has 3 nitrogen and oxygen atoms in total. The quantitative estimate of drug-likeness (QED) is 0.696. The Morgan fingerprint density at radius 3 is 2.69 bits per heavy atom. The summed E-state index contributed by atoms with van der Waals surface area (Å²) in [7, 11) is 1.85. The van der Waals surface area contributed by atoms with Crippen LogP contribution in [0.3, 0.4) is 0 Å². The van der Waals surface area contributed by atoms with Crippen LogP contribution in [0.2, 0.25) is 0 Å². The summed E-state index contributed by atoms with van der Waals surface area (Å²) < 4.78 is 0. The first-order chi connectivity index (χ1) is 6.19. The number of aromatic nitrogens is 1. The minimum absolute atomic E-state index is 0.423. The van der Waals surface area contributed by atoms with Crippen LogP contribution >= 0.6 is 0 Å². The third-order valence-corrected chi connectivity index (χ3v) is 1.97. The molecule has 0 saturated heterocycles. The van der Waals surface area contributed by atoms with Gasteiger partial charge in [0.05, 0.1) is 0 Å². The number of nitrogens with one attached hydrogen (secondary N) is 2. The van der Waals surface area contributed by atoms with Crippen molar-refractivity contribution in [2.75, 3.05) is 12.4 Å². The Morgan fingerprint density at radius 2 is 2.23 bits per heavy atom. The van der Waals surface area contributed by atoms with Gasteiger partial charge in [-0.2, -0.15) is 0 Å². The molecule has 0 aliphatic rings. The highest BCUT2D eigenvalue weighted by atomic mass is 14.8. The molecule has 1 heterocycles. The van der Waals surface area contributed by atoms with Crippen molar-refractivity contribution in [2.45, 2.75) is 19.8 Å². The maximum atomic E-state index is 7.16. The number of rotatable bonds is 3. The smallest absolute Gasteiger partial charge is 0.0460 e. The first-order valence-corrected chi connectivity index (χ1v) is 4.37. The van der Waals surface area contributed by atoms with E-state index in [1.54, 1.807) is 6.20 Å². The Hall–Kier alpha value is -1.38. The van der Waals surface area contributed by atoms with E-state index in [4.69, 9.17) is 5.41 Å². The maximum Gasteiger partial charge on any atom is 0.0460 e. The van der Waals surface area contributed by atoms with Crippen molar-refractivity contribution < 1.29 is 0 Å². The van der Waals surface area contributed by atoms with Crippen LogP contribution in [0.1, 0.15) is 31.0 Å². The molecule has 0 bridgehead atoms. The lowest BCUT2D eigenvalue weighted by Crippen LogP contribution is -2.00. The Kier molecular flexibility index (Phi) is 3.01. The standard InChI is InChI=1S/C10H15N3/c1-7(2)9-4-10(12-3)8(5-11)6-13-9/h4-7,11H,1-3H3,(H,12,13). The summed E-state index contributed by atoms with van der Waals surface area (Å²) in [6, 6.07) is 1.99. The van der Waals surface area contributed by atoms with E-state index in [0.717, 1.165) is 16.9 Å². The van der Waals surface area contributed by atoms with Gasteiger partial charge in [0, 0.05) is 36.4 Å². The molecule has 1 rings (SSSR count). The Labute approximate surface area is 78.7 Å². The molecule has 0 spiro atoms. The fraction of sp³-hybridized carbons (Fsp3) is 0.400. The Bertz CT molecular complexity index is 305. The highest BCUT2D eigenvalue weighted by Gasteiger charge is 2.04. The summed E-state index contributed by atoms with van der Waals surface area (Å²) in [5, 5.41) is 10.2. The summed E-state index contributed by atoms with van der Waals surface area (Å²) in [5.41, 5.74) is 2.84. The topological polar surface area (TPSA) is 48.8 Å². The summed E-state index contributed by atoms with van der Waals surface area (Å²) in [5.74, 6) is 0.423. The molecule has 0 saturated carbocycles. The first-order valence-electron chi connectivity index (χ1n) is 4.37. The lowest BCUT2D eigenvalue weighted by molar-refractivity contribution is 0.823. The molecular formula is C10H15N3. The zero-order chi connectivity index (χ0) is 9.84. The largest absolute Gasteiger partial charge is 0.387 e. The van der Waals surface area contributed by atoms with Crippen molar-refractivity contribution in [1.29, 1.82) is 5.41 Å². The van der Waals surface area contributed by atoms with Gasteiger partial charge in [0.2, 0.25) is 0 Å². The van der Waals surface area contributed by atoms with Gasteiger partial charge in [0.25, 0.3) is 0 Å². The van der Waals surface area contributed by atoms with Crippen LogP contribution in [0.25, 0.3) is 0 Å². The van der Waals surface area contributed by atoms with Crippen LogP contribution in [0.4, 0.5) is 5.69 Å². The van der Waals surface area contributed by atoms with Gasteiger partial charge in [0.15, 0.2) is 0 Å². The van der Waals surface area contributed by atoms with Crippen molar-refractivity contribution in [2.24, 2.45) is 0 Å². The summed E-state index contributed by atoms with van der Waals surface area (Å²) in [6.07, 6.45) is 3.04. The number of hydrogen-bond donors (Lipinski definition) is 2. The minimum atomic E-state index is 0.423. The molecule has 0 aliphatic heterocycles. The molecule has 0 aliphatic carbocycles. The van der Waals surface area contributed by atoms with Crippen LogP contribution in [0, 0.1) is 5.41 Å². The number of anilines is 1. The molecule has 3 heteroatoms. The van der Waals surface area contributed by atoms with Crippen molar-refractivity contribution in [3.05, 3.63) is 23.5 Å². The highest BCUT2D eigenvalue weighted by Crippen LogP contribution is 2.18. The monoisotopic (exact) mass is 177 g/mol. The molecule has 0 unspecified atom stereocenters. The predicted octanol–water partition coefficient (Wildman–Crippen LogP) is 2.24. The van der Waals surface area contributed by atoms with Gasteiger partial charge >= 0.3 is 0 Å². The number of nitrogens with zero attached hydrogens (tertiary/aromatic N) is 1. The second-order valence-electron chi connectivity index (χ2n) is 3.25. The van der Waals surface area contributed by atoms with Crippen LogP contribution in [-0.4, -0.2) is 18.2 Å². The molecule has 1 aromatic heterocycles. The van der Waals surface area contributed by atoms with Crippen LogP contribution < -0.4 is 5.32 Å². The van der Waals surface area contributed by atoms with E-state index in [2.05, 4.69) is 24.1 Å². The molecule has 1 aromatic rings. The summed E-state index contributed by atoms with van der Waals surface area (Å²) in [4.78, 5) is 4.27. The SMILES string of the molecule is CNc1cc(C(C)C)ncc1C=N. The van der Waals surface area contributed by atoms with Gasteiger partial charge < -0.3 is 10.7 Å². The maximum absolute atomic E-state index is 7.16. The normalized spacial score (nSPS) is 10.2. The van der Waals surface area contributed by atoms with E-state index in [0.29, 0.717) is 5.92 Å². The van der Waals surface area contributed by atoms with Crippen LogP contribution in [-0.2, 0) is 0 Å². The molecule has 0 atom stereocenters. The molecule has 0 amide bonds. The first kappa shape index (κ1) is 9.71. The molecule has 2 N–H and O–H groups in total. The van der Waals surface area contributed by atoms with E-state index in [9.17, 15) is 0 Å². The van der Waals surface area contributed by atoms with Gasteiger partial charge in [0.1, 0.15) is 0 Å².